The summed E-state index contributed by atoms with van der Waals surface area (Å²) >= 11 is 0. The van der Waals surface area contributed by atoms with Gasteiger partial charge in [0.05, 0.1) is 0 Å². The van der Waals surface area contributed by atoms with Gasteiger partial charge in [-0.15, -0.1) is 8.58 Å². The molecular weight excluding hydrogens is 93.0 g/mol. The van der Waals surface area contributed by atoms with Crippen molar-refractivity contribution in [3.05, 3.63) is 0 Å². The van der Waals surface area contributed by atoms with Crippen molar-refractivity contribution >= 4 is 8.58 Å². The molecule has 0 aliphatic carbocycles. The average Bonchev–Trinajstić information content (AvgIpc) is 1.86. The van der Waals surface area contributed by atoms with E-state index in [9.17, 15) is 0 Å². The third kappa shape index (κ3) is 0.924. The molecule has 2 atom stereocenters. The van der Waals surface area contributed by atoms with Crippen LogP contribution in [0.25, 0.3) is 0 Å². The summed E-state index contributed by atoms with van der Waals surface area (Å²) in [5.41, 5.74) is 5.55. The highest BCUT2D eigenvalue weighted by molar-refractivity contribution is 7.39. The Morgan fingerprint density at radius 3 is 2.67 bits per heavy atom. The second kappa shape index (κ2) is 1.90. The molecule has 2 N–H and O–H groups in total. The van der Waals surface area contributed by atoms with E-state index >= 15 is 0 Å². The molecule has 0 saturated carbocycles. The molecule has 1 rings (SSSR count). The van der Waals surface area contributed by atoms with Gasteiger partial charge in [0.1, 0.15) is 0 Å². The summed E-state index contributed by atoms with van der Waals surface area (Å²) in [7, 11) is 1.06. The van der Waals surface area contributed by atoms with Crippen molar-refractivity contribution in [2.45, 2.75) is 18.6 Å². The number of nitrogens with two attached hydrogens (primary N) is 1. The van der Waals surface area contributed by atoms with Crippen LogP contribution in [-0.2, 0) is 0 Å². The second-order valence-electron chi connectivity index (χ2n) is 1.70. The Morgan fingerprint density at radius 1 is 1.67 bits per heavy atom. The zero-order valence-corrected chi connectivity index (χ0v) is 4.78. The minimum Gasteiger partial charge on any atom is -0.324 e. The Balaban J connectivity index is 2.18. The van der Waals surface area contributed by atoms with Crippen molar-refractivity contribution in [1.82, 2.24) is 0 Å². The van der Waals surface area contributed by atoms with Gasteiger partial charge in [-0.05, 0) is 19.0 Å². The fraction of sp³-hybridized carbons (Fsp3) is 1.00. The Hall–Kier alpha value is 0.390. The SMILES string of the molecule is NC1CCCP1. The summed E-state index contributed by atoms with van der Waals surface area (Å²) in [6.07, 6.45) is 4.04. The fourth-order valence-electron chi connectivity index (χ4n) is 0.711. The molecule has 1 aliphatic heterocycles. The van der Waals surface area contributed by atoms with Gasteiger partial charge in [-0.25, -0.2) is 0 Å². The number of rotatable bonds is 0. The molecule has 2 heteroatoms. The van der Waals surface area contributed by atoms with Crippen LogP contribution in [0.4, 0.5) is 0 Å². The fourth-order valence-corrected chi connectivity index (χ4v) is 1.90. The molecule has 0 aromatic rings. The van der Waals surface area contributed by atoms with Crippen LogP contribution in [0.1, 0.15) is 12.8 Å². The maximum absolute atomic E-state index is 5.55. The quantitative estimate of drug-likeness (QED) is 0.450. The molecule has 1 aliphatic rings. The molecule has 1 heterocycles. The van der Waals surface area contributed by atoms with Gasteiger partial charge in [0, 0.05) is 5.78 Å². The van der Waals surface area contributed by atoms with E-state index in [1.807, 2.05) is 0 Å². The normalized spacial score (nSPS) is 38.5. The zero-order valence-electron chi connectivity index (χ0n) is 3.78. The highest BCUT2D eigenvalue weighted by atomic mass is 31.1. The number of hydrogen-bond donors (Lipinski definition) is 1. The molecular formula is C4H10NP. The second-order valence-corrected chi connectivity index (χ2v) is 3.35. The van der Waals surface area contributed by atoms with Gasteiger partial charge >= 0.3 is 0 Å². The van der Waals surface area contributed by atoms with Gasteiger partial charge in [-0.3, -0.25) is 0 Å². The smallest absolute Gasteiger partial charge is 0.0213 e. The minimum absolute atomic E-state index is 0.574. The van der Waals surface area contributed by atoms with Crippen LogP contribution in [0.3, 0.4) is 0 Å². The van der Waals surface area contributed by atoms with E-state index in [2.05, 4.69) is 0 Å². The topological polar surface area (TPSA) is 26.0 Å². The van der Waals surface area contributed by atoms with Gasteiger partial charge in [0.15, 0.2) is 0 Å². The third-order valence-corrected chi connectivity index (χ3v) is 2.55. The molecule has 0 amide bonds. The molecule has 0 aromatic carbocycles. The largest absolute Gasteiger partial charge is 0.324 e. The molecule has 36 valence electrons. The lowest BCUT2D eigenvalue weighted by Crippen LogP contribution is -2.07. The van der Waals surface area contributed by atoms with E-state index in [-0.39, 0.29) is 0 Å². The first-order chi connectivity index (χ1) is 2.89. The first-order valence-electron chi connectivity index (χ1n) is 2.38. The predicted octanol–water partition coefficient (Wildman–Crippen LogP) is 0.744. The van der Waals surface area contributed by atoms with Crippen LogP contribution in [0.5, 0.6) is 0 Å². The van der Waals surface area contributed by atoms with E-state index in [1.165, 1.54) is 19.0 Å². The Labute approximate surface area is 40.1 Å². The summed E-state index contributed by atoms with van der Waals surface area (Å²) in [6.45, 7) is 0. The van der Waals surface area contributed by atoms with Crippen LogP contribution in [0.2, 0.25) is 0 Å². The Kier molecular flexibility index (Phi) is 1.44. The highest BCUT2D eigenvalue weighted by Gasteiger charge is 2.07. The molecule has 0 aromatic heterocycles. The van der Waals surface area contributed by atoms with Crippen LogP contribution >= 0.6 is 8.58 Å². The van der Waals surface area contributed by atoms with Gasteiger partial charge < -0.3 is 5.73 Å². The highest BCUT2D eigenvalue weighted by Crippen LogP contribution is 2.27. The molecule has 6 heavy (non-hydrogen) atoms. The lowest BCUT2D eigenvalue weighted by molar-refractivity contribution is 0.811. The molecule has 1 saturated heterocycles. The van der Waals surface area contributed by atoms with Crippen molar-refractivity contribution in [1.29, 1.82) is 0 Å². The van der Waals surface area contributed by atoms with Gasteiger partial charge in [-0.2, -0.15) is 0 Å². The van der Waals surface area contributed by atoms with Crippen molar-refractivity contribution in [2.24, 2.45) is 5.73 Å². The van der Waals surface area contributed by atoms with Crippen molar-refractivity contribution < 1.29 is 0 Å². The molecule has 1 nitrogen and oxygen atoms in total. The predicted molar refractivity (Wildman–Crippen MR) is 30.4 cm³/mol. The zero-order chi connectivity index (χ0) is 4.41. The van der Waals surface area contributed by atoms with Gasteiger partial charge in [0.25, 0.3) is 0 Å². The minimum atomic E-state index is 0.574. The summed E-state index contributed by atoms with van der Waals surface area (Å²) in [6, 6.07) is 0. The van der Waals surface area contributed by atoms with Crippen LogP contribution < -0.4 is 5.73 Å². The van der Waals surface area contributed by atoms with E-state index in [4.69, 9.17) is 5.73 Å². The van der Waals surface area contributed by atoms with Crippen LogP contribution in [0, 0.1) is 0 Å². The summed E-state index contributed by atoms with van der Waals surface area (Å²) in [4.78, 5) is 0. The van der Waals surface area contributed by atoms with Crippen LogP contribution in [0.15, 0.2) is 0 Å². The van der Waals surface area contributed by atoms with Gasteiger partial charge in [-0.1, -0.05) is 0 Å². The molecule has 0 spiro atoms. The lowest BCUT2D eigenvalue weighted by Gasteiger charge is -1.93. The van der Waals surface area contributed by atoms with Crippen molar-refractivity contribution in [3.8, 4) is 0 Å². The standard InChI is InChI=1S/C4H10NP/c5-4-2-1-3-6-4/h4,6H,1-3,5H2. The molecule has 1 fully saturated rings. The number of hydrogen-bond acceptors (Lipinski definition) is 1. The Bertz CT molecular complexity index is 40.8. The van der Waals surface area contributed by atoms with E-state index in [1.54, 1.807) is 0 Å². The van der Waals surface area contributed by atoms with Crippen molar-refractivity contribution in [2.75, 3.05) is 6.16 Å². The maximum atomic E-state index is 5.55. The maximum Gasteiger partial charge on any atom is 0.0213 e. The van der Waals surface area contributed by atoms with Crippen molar-refractivity contribution in [3.63, 3.8) is 0 Å². The first kappa shape index (κ1) is 4.55. The summed E-state index contributed by atoms with van der Waals surface area (Å²) < 4.78 is 0. The van der Waals surface area contributed by atoms with E-state index in [0.717, 1.165) is 8.58 Å². The van der Waals surface area contributed by atoms with E-state index in [0.29, 0.717) is 5.78 Å². The molecule has 2 unspecified atom stereocenters. The molecule has 0 bridgehead atoms. The Morgan fingerprint density at radius 2 is 2.50 bits per heavy atom. The summed E-state index contributed by atoms with van der Waals surface area (Å²) in [5.74, 6) is 0.574. The summed E-state index contributed by atoms with van der Waals surface area (Å²) in [5, 5.41) is 0. The average molecular weight is 103 g/mol. The lowest BCUT2D eigenvalue weighted by atomic mass is 10.3. The third-order valence-electron chi connectivity index (χ3n) is 1.10. The monoisotopic (exact) mass is 103 g/mol. The van der Waals surface area contributed by atoms with Crippen LogP contribution in [-0.4, -0.2) is 11.9 Å². The van der Waals surface area contributed by atoms with Gasteiger partial charge in [0.2, 0.25) is 0 Å². The molecule has 0 radical (unpaired) electrons. The van der Waals surface area contributed by atoms with E-state index < -0.39 is 0 Å². The first-order valence-corrected chi connectivity index (χ1v) is 3.67.